The van der Waals surface area contributed by atoms with Gasteiger partial charge in [0.2, 0.25) is 0 Å². The predicted octanol–water partition coefficient (Wildman–Crippen LogP) is 2.84. The third-order valence-electron chi connectivity index (χ3n) is 3.46. The Bertz CT molecular complexity index is 428. The summed E-state index contributed by atoms with van der Waals surface area (Å²) in [4.78, 5) is 12.9. The van der Waals surface area contributed by atoms with Crippen molar-refractivity contribution in [1.82, 2.24) is 5.32 Å². The highest BCUT2D eigenvalue weighted by molar-refractivity contribution is 7.98. The Hall–Kier alpha value is -1.20. The van der Waals surface area contributed by atoms with E-state index in [1.807, 2.05) is 30.5 Å². The van der Waals surface area contributed by atoms with Gasteiger partial charge in [-0.25, -0.2) is 4.79 Å². The van der Waals surface area contributed by atoms with Crippen molar-refractivity contribution >= 4 is 23.5 Å². The van der Waals surface area contributed by atoms with Crippen LogP contribution in [0.3, 0.4) is 0 Å². The first kappa shape index (κ1) is 14.2. The number of hydrogen-bond donors (Lipinski definition) is 3. The van der Waals surface area contributed by atoms with Gasteiger partial charge in [0, 0.05) is 17.1 Å². The first-order valence-corrected chi connectivity index (χ1v) is 7.75. The zero-order valence-corrected chi connectivity index (χ0v) is 11.9. The number of hydrogen-bond acceptors (Lipinski definition) is 3. The van der Waals surface area contributed by atoms with Gasteiger partial charge in [-0.3, -0.25) is 0 Å². The lowest BCUT2D eigenvalue weighted by molar-refractivity contribution is 0.0506. The molecule has 3 N–H and O–H groups in total. The number of amides is 2. The van der Waals surface area contributed by atoms with Gasteiger partial charge in [0.25, 0.3) is 0 Å². The Balaban J connectivity index is 1.80. The minimum absolute atomic E-state index is 0.266. The Kier molecular flexibility index (Phi) is 4.71. The molecule has 0 aliphatic heterocycles. The summed E-state index contributed by atoms with van der Waals surface area (Å²) in [6.45, 7) is 0.321. The van der Waals surface area contributed by atoms with Crippen LogP contribution < -0.4 is 10.6 Å². The standard InChI is InChI=1S/C14H20N2O2S/c1-19-12-6-4-11(5-7-12)16-13(17)15-10-14(18)8-2-3-9-14/h4-7,18H,2-3,8-10H2,1H3,(H2,15,16,17). The van der Waals surface area contributed by atoms with Gasteiger partial charge in [0.15, 0.2) is 0 Å². The average molecular weight is 280 g/mol. The van der Waals surface area contributed by atoms with Crippen LogP contribution >= 0.6 is 11.8 Å². The third-order valence-corrected chi connectivity index (χ3v) is 4.20. The second kappa shape index (κ2) is 6.30. The number of rotatable bonds is 4. The molecule has 1 aromatic rings. The van der Waals surface area contributed by atoms with Crippen molar-refractivity contribution < 1.29 is 9.90 Å². The number of thioether (sulfide) groups is 1. The van der Waals surface area contributed by atoms with Gasteiger partial charge in [0.05, 0.1) is 5.60 Å². The molecule has 0 saturated heterocycles. The average Bonchev–Trinajstić information content (AvgIpc) is 2.85. The zero-order valence-electron chi connectivity index (χ0n) is 11.1. The highest BCUT2D eigenvalue weighted by Crippen LogP contribution is 2.28. The van der Waals surface area contributed by atoms with Crippen LogP contribution in [-0.4, -0.2) is 29.5 Å². The van der Waals surface area contributed by atoms with Gasteiger partial charge in [-0.15, -0.1) is 11.8 Å². The normalized spacial score (nSPS) is 17.2. The highest BCUT2D eigenvalue weighted by atomic mass is 32.2. The van der Waals surface area contributed by atoms with Gasteiger partial charge < -0.3 is 15.7 Å². The van der Waals surface area contributed by atoms with Crippen molar-refractivity contribution in [2.24, 2.45) is 0 Å². The van der Waals surface area contributed by atoms with Crippen LogP contribution in [0.4, 0.5) is 10.5 Å². The summed E-state index contributed by atoms with van der Waals surface area (Å²) in [6.07, 6.45) is 5.63. The summed E-state index contributed by atoms with van der Waals surface area (Å²) >= 11 is 1.66. The fraction of sp³-hybridized carbons (Fsp3) is 0.500. The fourth-order valence-electron chi connectivity index (χ4n) is 2.30. The van der Waals surface area contributed by atoms with Crippen molar-refractivity contribution in [3.63, 3.8) is 0 Å². The number of urea groups is 1. The molecule has 2 rings (SSSR count). The van der Waals surface area contributed by atoms with Crippen LogP contribution in [0.25, 0.3) is 0 Å². The molecule has 1 aliphatic rings. The molecule has 1 fully saturated rings. The maximum atomic E-state index is 11.7. The molecule has 4 nitrogen and oxygen atoms in total. The van der Waals surface area contributed by atoms with E-state index in [1.54, 1.807) is 11.8 Å². The monoisotopic (exact) mass is 280 g/mol. The fourth-order valence-corrected chi connectivity index (χ4v) is 2.71. The van der Waals surface area contributed by atoms with Gasteiger partial charge in [-0.05, 0) is 43.4 Å². The smallest absolute Gasteiger partial charge is 0.319 e. The number of aliphatic hydroxyl groups is 1. The molecular weight excluding hydrogens is 260 g/mol. The summed E-state index contributed by atoms with van der Waals surface area (Å²) in [5, 5.41) is 15.6. The number of carbonyl (C=O) groups excluding carboxylic acids is 1. The van der Waals surface area contributed by atoms with E-state index in [0.29, 0.717) is 6.54 Å². The molecule has 0 bridgehead atoms. The molecule has 0 spiro atoms. The Morgan fingerprint density at radius 2 is 1.95 bits per heavy atom. The van der Waals surface area contributed by atoms with Crippen molar-refractivity contribution in [1.29, 1.82) is 0 Å². The van der Waals surface area contributed by atoms with E-state index >= 15 is 0 Å². The molecule has 1 saturated carbocycles. The summed E-state index contributed by atoms with van der Waals surface area (Å²) in [5.41, 5.74) is 0.0498. The Labute approximate surface area is 118 Å². The molecule has 0 heterocycles. The second-order valence-electron chi connectivity index (χ2n) is 4.97. The summed E-state index contributed by atoms with van der Waals surface area (Å²) in [5.74, 6) is 0. The SMILES string of the molecule is CSc1ccc(NC(=O)NCC2(O)CCCC2)cc1. The molecule has 5 heteroatoms. The molecule has 0 unspecified atom stereocenters. The van der Waals surface area contributed by atoms with Gasteiger partial charge >= 0.3 is 6.03 Å². The van der Waals surface area contributed by atoms with Crippen molar-refractivity contribution in [2.75, 3.05) is 18.1 Å². The van der Waals surface area contributed by atoms with E-state index in [4.69, 9.17) is 0 Å². The van der Waals surface area contributed by atoms with Crippen molar-refractivity contribution in [2.45, 2.75) is 36.2 Å². The molecule has 2 amide bonds. The third kappa shape index (κ3) is 4.14. The van der Waals surface area contributed by atoms with Crippen LogP contribution in [0, 0.1) is 0 Å². The second-order valence-corrected chi connectivity index (χ2v) is 5.85. The van der Waals surface area contributed by atoms with Crippen LogP contribution in [0.15, 0.2) is 29.2 Å². The van der Waals surface area contributed by atoms with Gasteiger partial charge in [0.1, 0.15) is 0 Å². The summed E-state index contributed by atoms with van der Waals surface area (Å²) in [6, 6.07) is 7.40. The summed E-state index contributed by atoms with van der Waals surface area (Å²) in [7, 11) is 0. The largest absolute Gasteiger partial charge is 0.388 e. The quantitative estimate of drug-likeness (QED) is 0.743. The molecule has 1 aromatic carbocycles. The van der Waals surface area contributed by atoms with Crippen LogP contribution in [-0.2, 0) is 0 Å². The number of carbonyl (C=O) groups is 1. The Morgan fingerprint density at radius 1 is 1.32 bits per heavy atom. The zero-order chi connectivity index (χ0) is 13.7. The van der Waals surface area contributed by atoms with Gasteiger partial charge in [-0.1, -0.05) is 12.8 Å². The summed E-state index contributed by atoms with van der Waals surface area (Å²) < 4.78 is 0. The van der Waals surface area contributed by atoms with E-state index in [9.17, 15) is 9.90 Å². The molecular formula is C14H20N2O2S. The van der Waals surface area contributed by atoms with Crippen LogP contribution in [0.2, 0.25) is 0 Å². The maximum Gasteiger partial charge on any atom is 0.319 e. The van der Waals surface area contributed by atoms with E-state index in [-0.39, 0.29) is 6.03 Å². The van der Waals surface area contributed by atoms with E-state index in [2.05, 4.69) is 10.6 Å². The lowest BCUT2D eigenvalue weighted by atomic mass is 10.0. The molecule has 1 aliphatic carbocycles. The van der Waals surface area contributed by atoms with Crippen LogP contribution in [0.1, 0.15) is 25.7 Å². The topological polar surface area (TPSA) is 61.4 Å². The molecule has 19 heavy (non-hydrogen) atoms. The first-order chi connectivity index (χ1) is 9.11. The number of nitrogens with one attached hydrogen (secondary N) is 2. The Morgan fingerprint density at radius 3 is 2.53 bits per heavy atom. The van der Waals surface area contributed by atoms with E-state index in [0.717, 1.165) is 36.3 Å². The van der Waals surface area contributed by atoms with E-state index < -0.39 is 5.60 Å². The van der Waals surface area contributed by atoms with E-state index in [1.165, 1.54) is 0 Å². The molecule has 0 atom stereocenters. The van der Waals surface area contributed by atoms with Gasteiger partial charge in [-0.2, -0.15) is 0 Å². The lowest BCUT2D eigenvalue weighted by Gasteiger charge is -2.22. The first-order valence-electron chi connectivity index (χ1n) is 6.53. The van der Waals surface area contributed by atoms with Crippen LogP contribution in [0.5, 0.6) is 0 Å². The minimum Gasteiger partial charge on any atom is -0.388 e. The predicted molar refractivity (Wildman–Crippen MR) is 78.7 cm³/mol. The maximum absolute atomic E-state index is 11.7. The minimum atomic E-state index is -0.708. The highest BCUT2D eigenvalue weighted by Gasteiger charge is 2.31. The molecule has 0 radical (unpaired) electrons. The number of anilines is 1. The van der Waals surface area contributed by atoms with Crippen molar-refractivity contribution in [3.8, 4) is 0 Å². The number of benzene rings is 1. The van der Waals surface area contributed by atoms with Crippen molar-refractivity contribution in [3.05, 3.63) is 24.3 Å². The lowest BCUT2D eigenvalue weighted by Crippen LogP contribution is -2.42. The molecule has 104 valence electrons. The molecule has 0 aromatic heterocycles.